The van der Waals surface area contributed by atoms with Gasteiger partial charge >= 0.3 is 0 Å². The number of rotatable bonds is 3. The normalized spacial score (nSPS) is 15.5. The lowest BCUT2D eigenvalue weighted by Crippen LogP contribution is -2.36. The molecular formula is C18H19FN2O. The summed E-state index contributed by atoms with van der Waals surface area (Å²) in [5.74, 6) is -0.213. The van der Waals surface area contributed by atoms with Crippen LogP contribution in [0, 0.1) is 12.7 Å². The summed E-state index contributed by atoms with van der Waals surface area (Å²) in [6, 6.07) is 13.2. The van der Waals surface area contributed by atoms with Crippen molar-refractivity contribution in [1.29, 1.82) is 0 Å². The molecule has 0 aliphatic carbocycles. The van der Waals surface area contributed by atoms with Crippen molar-refractivity contribution in [3.63, 3.8) is 0 Å². The van der Waals surface area contributed by atoms with Crippen LogP contribution in [0.15, 0.2) is 47.5 Å². The molecule has 0 unspecified atom stereocenters. The van der Waals surface area contributed by atoms with E-state index in [9.17, 15) is 4.39 Å². The summed E-state index contributed by atoms with van der Waals surface area (Å²) >= 11 is 0. The third-order valence-electron chi connectivity index (χ3n) is 3.69. The first-order valence-electron chi connectivity index (χ1n) is 7.45. The molecule has 0 bridgehead atoms. The van der Waals surface area contributed by atoms with Gasteiger partial charge in [-0.05, 0) is 42.3 Å². The Morgan fingerprint density at radius 2 is 1.95 bits per heavy atom. The van der Waals surface area contributed by atoms with E-state index in [0.717, 1.165) is 29.9 Å². The molecule has 0 atom stereocenters. The van der Waals surface area contributed by atoms with Crippen molar-refractivity contribution in [2.75, 3.05) is 31.2 Å². The Balaban J connectivity index is 1.76. The number of benzene rings is 2. The summed E-state index contributed by atoms with van der Waals surface area (Å²) in [5.41, 5.74) is 3.42. The Morgan fingerprint density at radius 1 is 1.14 bits per heavy atom. The zero-order valence-corrected chi connectivity index (χ0v) is 12.6. The second kappa shape index (κ2) is 6.71. The van der Waals surface area contributed by atoms with Gasteiger partial charge in [0.2, 0.25) is 0 Å². The van der Waals surface area contributed by atoms with Gasteiger partial charge in [-0.15, -0.1) is 0 Å². The fourth-order valence-corrected chi connectivity index (χ4v) is 2.52. The fraction of sp³-hybridized carbons (Fsp3) is 0.278. The molecule has 1 heterocycles. The molecule has 3 rings (SSSR count). The average Bonchev–Trinajstić information content (AvgIpc) is 2.54. The van der Waals surface area contributed by atoms with E-state index in [0.29, 0.717) is 18.9 Å². The molecular weight excluding hydrogens is 279 g/mol. The van der Waals surface area contributed by atoms with Crippen molar-refractivity contribution in [3.8, 4) is 0 Å². The quantitative estimate of drug-likeness (QED) is 0.807. The van der Waals surface area contributed by atoms with Crippen molar-refractivity contribution < 1.29 is 9.13 Å². The lowest BCUT2D eigenvalue weighted by molar-refractivity contribution is 0.122. The van der Waals surface area contributed by atoms with E-state index in [4.69, 9.17) is 4.74 Å². The van der Waals surface area contributed by atoms with Crippen molar-refractivity contribution in [1.82, 2.24) is 0 Å². The molecule has 1 saturated heterocycles. The number of aryl methyl sites for hydroxylation is 1. The molecule has 1 aliphatic rings. The van der Waals surface area contributed by atoms with E-state index in [1.54, 1.807) is 6.21 Å². The van der Waals surface area contributed by atoms with Gasteiger partial charge in [0.15, 0.2) is 0 Å². The first kappa shape index (κ1) is 14.7. The Kier molecular flexibility index (Phi) is 4.49. The average molecular weight is 298 g/mol. The molecule has 4 heteroatoms. The first-order chi connectivity index (χ1) is 10.7. The Bertz CT molecular complexity index is 679. The van der Waals surface area contributed by atoms with Crippen LogP contribution >= 0.6 is 0 Å². The van der Waals surface area contributed by atoms with Gasteiger partial charge < -0.3 is 9.64 Å². The number of anilines is 1. The Morgan fingerprint density at radius 3 is 2.68 bits per heavy atom. The summed E-state index contributed by atoms with van der Waals surface area (Å²) in [5, 5.41) is 0. The van der Waals surface area contributed by atoms with Crippen molar-refractivity contribution in [3.05, 3.63) is 59.4 Å². The summed E-state index contributed by atoms with van der Waals surface area (Å²) in [6.07, 6.45) is 1.70. The van der Waals surface area contributed by atoms with Crippen molar-refractivity contribution >= 4 is 17.6 Å². The van der Waals surface area contributed by atoms with Crippen LogP contribution in [-0.4, -0.2) is 32.5 Å². The lowest BCUT2D eigenvalue weighted by Gasteiger charge is -2.29. The van der Waals surface area contributed by atoms with Gasteiger partial charge in [0.25, 0.3) is 0 Å². The second-order valence-electron chi connectivity index (χ2n) is 5.41. The zero-order valence-electron chi connectivity index (χ0n) is 12.6. The van der Waals surface area contributed by atoms with E-state index >= 15 is 0 Å². The number of hydrogen-bond acceptors (Lipinski definition) is 3. The summed E-state index contributed by atoms with van der Waals surface area (Å²) in [7, 11) is 0. The molecule has 0 amide bonds. The van der Waals surface area contributed by atoms with Crippen LogP contribution in [0.25, 0.3) is 0 Å². The van der Waals surface area contributed by atoms with Crippen LogP contribution < -0.4 is 4.90 Å². The minimum atomic E-state index is -0.213. The van der Waals surface area contributed by atoms with E-state index in [-0.39, 0.29) is 5.82 Å². The monoisotopic (exact) mass is 298 g/mol. The molecule has 0 saturated carbocycles. The summed E-state index contributed by atoms with van der Waals surface area (Å²) < 4.78 is 19.6. The summed E-state index contributed by atoms with van der Waals surface area (Å²) in [4.78, 5) is 6.41. The lowest BCUT2D eigenvalue weighted by atomic mass is 10.2. The maximum absolute atomic E-state index is 14.3. The highest BCUT2D eigenvalue weighted by molar-refractivity contribution is 5.82. The van der Waals surface area contributed by atoms with Gasteiger partial charge in [0.05, 0.1) is 24.6 Å². The van der Waals surface area contributed by atoms with Crippen LogP contribution in [-0.2, 0) is 4.74 Å². The fourth-order valence-electron chi connectivity index (χ4n) is 2.52. The smallest absolute Gasteiger partial charge is 0.147 e. The topological polar surface area (TPSA) is 24.8 Å². The number of ether oxygens (including phenoxy) is 1. The molecule has 22 heavy (non-hydrogen) atoms. The third-order valence-corrected chi connectivity index (χ3v) is 3.69. The van der Waals surface area contributed by atoms with Crippen molar-refractivity contribution in [2.24, 2.45) is 4.99 Å². The predicted octanol–water partition coefficient (Wildman–Crippen LogP) is 3.72. The number of nitrogens with zero attached hydrogens (tertiary/aromatic N) is 2. The standard InChI is InChI=1S/C18H19FN2O/c1-14-3-2-4-16(11-14)20-13-15-5-6-18(17(19)12-15)21-7-9-22-10-8-21/h2-6,11-13H,7-10H2,1H3. The molecule has 2 aromatic carbocycles. The number of aliphatic imine (C=N–C) groups is 1. The van der Waals surface area contributed by atoms with Crippen LogP contribution in [0.1, 0.15) is 11.1 Å². The largest absolute Gasteiger partial charge is 0.378 e. The Hall–Kier alpha value is -2.20. The van der Waals surface area contributed by atoms with Crippen LogP contribution in [0.2, 0.25) is 0 Å². The molecule has 0 radical (unpaired) electrons. The number of morpholine rings is 1. The van der Waals surface area contributed by atoms with Gasteiger partial charge in [-0.3, -0.25) is 4.99 Å². The molecule has 2 aromatic rings. The third kappa shape index (κ3) is 3.52. The zero-order chi connectivity index (χ0) is 15.4. The first-order valence-corrected chi connectivity index (χ1v) is 7.45. The second-order valence-corrected chi connectivity index (χ2v) is 5.41. The molecule has 0 N–H and O–H groups in total. The van der Waals surface area contributed by atoms with Crippen molar-refractivity contribution in [2.45, 2.75) is 6.92 Å². The maximum atomic E-state index is 14.3. The van der Waals surface area contributed by atoms with Gasteiger partial charge in [-0.1, -0.05) is 18.2 Å². The molecule has 0 spiro atoms. The highest BCUT2D eigenvalue weighted by atomic mass is 19.1. The van der Waals surface area contributed by atoms with E-state index in [1.165, 1.54) is 6.07 Å². The minimum absolute atomic E-state index is 0.213. The van der Waals surface area contributed by atoms with Crippen LogP contribution in [0.4, 0.5) is 15.8 Å². The van der Waals surface area contributed by atoms with Crippen LogP contribution in [0.3, 0.4) is 0 Å². The maximum Gasteiger partial charge on any atom is 0.147 e. The highest BCUT2D eigenvalue weighted by Gasteiger charge is 2.14. The SMILES string of the molecule is Cc1cccc(N=Cc2ccc(N3CCOCC3)c(F)c2)c1. The van der Waals surface area contributed by atoms with Gasteiger partial charge in [-0.25, -0.2) is 4.39 Å². The van der Waals surface area contributed by atoms with E-state index < -0.39 is 0 Å². The van der Waals surface area contributed by atoms with E-state index in [2.05, 4.69) is 4.99 Å². The molecule has 1 aliphatic heterocycles. The number of halogens is 1. The minimum Gasteiger partial charge on any atom is -0.378 e. The van der Waals surface area contributed by atoms with Gasteiger partial charge in [-0.2, -0.15) is 0 Å². The predicted molar refractivity (Wildman–Crippen MR) is 87.9 cm³/mol. The van der Waals surface area contributed by atoms with Crippen LogP contribution in [0.5, 0.6) is 0 Å². The summed E-state index contributed by atoms with van der Waals surface area (Å²) in [6.45, 7) is 4.78. The van der Waals surface area contributed by atoms with Gasteiger partial charge in [0, 0.05) is 19.3 Å². The molecule has 3 nitrogen and oxygen atoms in total. The Labute approximate surface area is 130 Å². The molecule has 114 valence electrons. The highest BCUT2D eigenvalue weighted by Crippen LogP contribution is 2.21. The molecule has 0 aromatic heterocycles. The number of hydrogen-bond donors (Lipinski definition) is 0. The van der Waals surface area contributed by atoms with E-state index in [1.807, 2.05) is 48.2 Å². The molecule has 1 fully saturated rings. The van der Waals surface area contributed by atoms with Gasteiger partial charge in [0.1, 0.15) is 5.82 Å².